The molecule has 0 bridgehead atoms. The lowest BCUT2D eigenvalue weighted by Gasteiger charge is -2.26. The van der Waals surface area contributed by atoms with Crippen LogP contribution in [-0.4, -0.2) is 52.8 Å². The molecule has 1 aliphatic rings. The van der Waals surface area contributed by atoms with Gasteiger partial charge < -0.3 is 19.9 Å². The van der Waals surface area contributed by atoms with Gasteiger partial charge in [0, 0.05) is 53.6 Å². The molecule has 1 fully saturated rings. The van der Waals surface area contributed by atoms with E-state index in [1.54, 1.807) is 28.9 Å². The Morgan fingerprint density at radius 3 is 2.54 bits per heavy atom. The Bertz CT molecular complexity index is 1580. The number of benzene rings is 2. The summed E-state index contributed by atoms with van der Waals surface area (Å²) in [5, 5.41) is 26.2. The van der Waals surface area contributed by atoms with Crippen molar-refractivity contribution in [2.45, 2.75) is 31.8 Å². The first kappa shape index (κ1) is 27.4. The van der Waals surface area contributed by atoms with Gasteiger partial charge in [-0.1, -0.05) is 23.7 Å². The second-order valence-corrected chi connectivity index (χ2v) is 10.8. The van der Waals surface area contributed by atoms with Crippen molar-refractivity contribution >= 4 is 46.9 Å². The molecule has 1 unspecified atom stereocenters. The fourth-order valence-electron chi connectivity index (χ4n) is 4.64. The number of aromatic nitrogens is 2. The number of pyridine rings is 1. The predicted molar refractivity (Wildman–Crippen MR) is 145 cm³/mol. The van der Waals surface area contributed by atoms with Crippen LogP contribution in [0, 0.1) is 5.82 Å². The smallest absolute Gasteiger partial charge is 0.489 e. The Labute approximate surface area is 231 Å². The molecule has 39 heavy (non-hydrogen) atoms. The minimum absolute atomic E-state index is 0.00318. The Balaban J connectivity index is 1.55. The molecule has 13 heteroatoms. The molecule has 1 saturated carbocycles. The van der Waals surface area contributed by atoms with E-state index in [2.05, 4.69) is 10.4 Å². The maximum Gasteiger partial charge on any atom is 0.489 e. The van der Waals surface area contributed by atoms with Crippen molar-refractivity contribution in [2.75, 3.05) is 7.05 Å². The molecule has 202 valence electrons. The van der Waals surface area contributed by atoms with Crippen molar-refractivity contribution in [2.24, 2.45) is 0 Å². The molecule has 2 aromatic heterocycles. The van der Waals surface area contributed by atoms with Gasteiger partial charge in [-0.3, -0.25) is 9.00 Å². The van der Waals surface area contributed by atoms with Gasteiger partial charge in [0.15, 0.2) is 0 Å². The number of nitrogens with one attached hydrogen (secondary N) is 1. The quantitative estimate of drug-likeness (QED) is 0.210. The number of hydrogen-bond donors (Lipinski definition) is 3. The first-order chi connectivity index (χ1) is 18.7. The average Bonchev–Trinajstić information content (AvgIpc) is 3.68. The van der Waals surface area contributed by atoms with Crippen LogP contribution < -0.4 is 10.8 Å². The maximum absolute atomic E-state index is 13.6. The first-order valence-corrected chi connectivity index (χ1v) is 13.6. The van der Waals surface area contributed by atoms with E-state index in [-0.39, 0.29) is 35.4 Å². The summed E-state index contributed by atoms with van der Waals surface area (Å²) in [6.07, 6.45) is 3.62. The molecule has 1 amide bonds. The molecular weight excluding hydrogens is 546 g/mol. The van der Waals surface area contributed by atoms with Crippen LogP contribution in [0.15, 0.2) is 54.7 Å². The monoisotopic (exact) mass is 569 g/mol. The molecule has 9 nitrogen and oxygen atoms in total. The zero-order valence-corrected chi connectivity index (χ0v) is 22.4. The molecule has 0 spiro atoms. The lowest BCUT2D eigenvalue weighted by Crippen LogP contribution is -2.31. The van der Waals surface area contributed by atoms with Crippen molar-refractivity contribution < 1.29 is 28.0 Å². The van der Waals surface area contributed by atoms with Crippen LogP contribution in [0.2, 0.25) is 5.02 Å². The van der Waals surface area contributed by atoms with Crippen molar-refractivity contribution in [1.29, 1.82) is 0 Å². The van der Waals surface area contributed by atoms with E-state index < -0.39 is 24.2 Å². The standard InChI is InChI=1S/C26H25BClFN4O5S/c1-30-26(34)24-23-11-20(16-3-4-16)18(14-33(23)31-25(24)17-5-7-19(29)8-6-17)13-32(39(37)38)12-15-2-9-21(27(35)36)22(28)10-15/h2,5-11,14,16,35-36H,3-4,12-13H2,1H3,(H,30,34)(H,37,38)/p-1. The topological polar surface area (TPSA) is 130 Å². The van der Waals surface area contributed by atoms with Crippen LogP contribution in [0.3, 0.4) is 0 Å². The number of amides is 1. The zero-order valence-electron chi connectivity index (χ0n) is 20.8. The molecule has 2 aromatic carbocycles. The van der Waals surface area contributed by atoms with Gasteiger partial charge in [0.1, 0.15) is 11.5 Å². The number of carbonyl (C=O) groups excluding carboxylic acids is 1. The Morgan fingerprint density at radius 1 is 1.23 bits per heavy atom. The summed E-state index contributed by atoms with van der Waals surface area (Å²) in [5.41, 5.74) is 4.25. The van der Waals surface area contributed by atoms with Gasteiger partial charge in [0.25, 0.3) is 5.91 Å². The molecule has 5 rings (SSSR count). The van der Waals surface area contributed by atoms with Crippen LogP contribution in [0.1, 0.15) is 45.8 Å². The summed E-state index contributed by atoms with van der Waals surface area (Å²) >= 11 is 3.56. The minimum Gasteiger partial charge on any atom is -0.760 e. The van der Waals surface area contributed by atoms with Crippen LogP contribution in [0.5, 0.6) is 0 Å². The predicted octanol–water partition coefficient (Wildman–Crippen LogP) is 2.51. The summed E-state index contributed by atoms with van der Waals surface area (Å²) < 4.78 is 40.8. The second-order valence-electron chi connectivity index (χ2n) is 9.41. The van der Waals surface area contributed by atoms with Gasteiger partial charge in [-0.05, 0) is 71.8 Å². The van der Waals surface area contributed by atoms with E-state index in [1.807, 2.05) is 6.07 Å². The summed E-state index contributed by atoms with van der Waals surface area (Å²) in [4.78, 5) is 12.9. The second kappa shape index (κ2) is 11.2. The summed E-state index contributed by atoms with van der Waals surface area (Å²) in [7, 11) is -0.213. The number of rotatable bonds is 9. The summed E-state index contributed by atoms with van der Waals surface area (Å²) in [5.74, 6) is -0.515. The molecule has 2 heterocycles. The minimum atomic E-state index is -2.59. The maximum atomic E-state index is 13.6. The fourth-order valence-corrected chi connectivity index (χ4v) is 5.44. The number of nitrogens with zero attached hydrogens (tertiary/aromatic N) is 3. The zero-order chi connectivity index (χ0) is 27.8. The first-order valence-electron chi connectivity index (χ1n) is 12.2. The lowest BCUT2D eigenvalue weighted by atomic mass is 9.80. The van der Waals surface area contributed by atoms with Crippen LogP contribution in [0.25, 0.3) is 16.8 Å². The third-order valence-corrected chi connectivity index (χ3v) is 7.74. The van der Waals surface area contributed by atoms with Crippen molar-refractivity contribution in [1.82, 2.24) is 19.2 Å². The number of hydrogen-bond acceptors (Lipinski definition) is 6. The lowest BCUT2D eigenvalue weighted by molar-refractivity contribution is 0.0965. The normalized spacial score (nSPS) is 14.1. The Morgan fingerprint density at radius 2 is 1.95 bits per heavy atom. The van der Waals surface area contributed by atoms with E-state index in [9.17, 15) is 28.0 Å². The van der Waals surface area contributed by atoms with Gasteiger partial charge >= 0.3 is 7.12 Å². The Hall–Kier alpha value is -3.13. The molecule has 3 N–H and O–H groups in total. The highest BCUT2D eigenvalue weighted by Gasteiger charge is 2.30. The van der Waals surface area contributed by atoms with E-state index in [4.69, 9.17) is 11.6 Å². The number of halogens is 2. The van der Waals surface area contributed by atoms with Gasteiger partial charge in [0.2, 0.25) is 0 Å². The molecule has 0 radical (unpaired) electrons. The molecule has 1 aliphatic carbocycles. The molecule has 4 aromatic rings. The highest BCUT2D eigenvalue weighted by molar-refractivity contribution is 7.76. The van der Waals surface area contributed by atoms with Gasteiger partial charge in [-0.2, -0.15) is 5.10 Å². The SMILES string of the molecule is CNC(=O)c1c(-c2ccc(F)cc2)nn2cc(CN(Cc3ccc(B(O)O)c(Cl)c3)S(=O)[O-])c(C3CC3)cc12. The van der Waals surface area contributed by atoms with Crippen LogP contribution in [-0.2, 0) is 24.4 Å². The highest BCUT2D eigenvalue weighted by atomic mass is 35.5. The average molecular weight is 570 g/mol. The van der Waals surface area contributed by atoms with E-state index in [0.717, 1.165) is 24.0 Å². The largest absolute Gasteiger partial charge is 0.760 e. The Kier molecular flexibility index (Phi) is 7.85. The molecule has 0 aliphatic heterocycles. The van der Waals surface area contributed by atoms with E-state index >= 15 is 0 Å². The van der Waals surface area contributed by atoms with Gasteiger partial charge in [-0.15, -0.1) is 0 Å². The van der Waals surface area contributed by atoms with Crippen LogP contribution in [0.4, 0.5) is 4.39 Å². The van der Waals surface area contributed by atoms with Crippen LogP contribution >= 0.6 is 11.6 Å². The number of carbonyl (C=O) groups is 1. The van der Waals surface area contributed by atoms with Crippen molar-refractivity contribution in [3.05, 3.63) is 87.8 Å². The third-order valence-electron chi connectivity index (χ3n) is 6.74. The summed E-state index contributed by atoms with van der Waals surface area (Å²) in [6.45, 7) is 0.0458. The van der Waals surface area contributed by atoms with Gasteiger partial charge in [-0.25, -0.2) is 13.2 Å². The summed E-state index contributed by atoms with van der Waals surface area (Å²) in [6, 6.07) is 12.1. The van der Waals surface area contributed by atoms with Gasteiger partial charge in [0.05, 0.1) is 11.1 Å². The number of fused-ring (bicyclic) bond motifs is 1. The van der Waals surface area contributed by atoms with Crippen molar-refractivity contribution in [3.8, 4) is 11.3 Å². The molecular formula is C26H24BClFN4O5S-. The third kappa shape index (κ3) is 5.76. The molecule has 0 saturated heterocycles. The fraction of sp³-hybridized carbons (Fsp3) is 0.231. The van der Waals surface area contributed by atoms with E-state index in [0.29, 0.717) is 27.9 Å². The van der Waals surface area contributed by atoms with Crippen molar-refractivity contribution in [3.63, 3.8) is 0 Å². The highest BCUT2D eigenvalue weighted by Crippen LogP contribution is 2.43. The molecule has 1 atom stereocenters. The van der Waals surface area contributed by atoms with E-state index in [1.165, 1.54) is 35.6 Å².